The number of anilines is 1. The van der Waals surface area contributed by atoms with Crippen LogP contribution in [0.5, 0.6) is 0 Å². The van der Waals surface area contributed by atoms with E-state index in [2.05, 4.69) is 0 Å². The Morgan fingerprint density at radius 1 is 1.59 bits per heavy atom. The van der Waals surface area contributed by atoms with Crippen molar-refractivity contribution in [2.45, 2.75) is 20.0 Å². The van der Waals surface area contributed by atoms with Crippen LogP contribution in [0.3, 0.4) is 0 Å². The van der Waals surface area contributed by atoms with Crippen molar-refractivity contribution in [2.75, 3.05) is 25.9 Å². The van der Waals surface area contributed by atoms with E-state index < -0.39 is 0 Å². The summed E-state index contributed by atoms with van der Waals surface area (Å²) in [6, 6.07) is 1.68. The number of nitrogens with zero attached hydrogens (tertiary/aromatic N) is 2. The Bertz CT molecular complexity index is 385. The molecular weight excluding hydrogens is 218 g/mol. The van der Waals surface area contributed by atoms with Crippen LogP contribution >= 0.6 is 0 Å². The lowest BCUT2D eigenvalue weighted by molar-refractivity contribution is 0.0527. The van der Waals surface area contributed by atoms with Gasteiger partial charge in [0.05, 0.1) is 18.4 Å². The lowest BCUT2D eigenvalue weighted by atomic mass is 10.3. The number of carbonyl (C=O) groups excluding carboxylic acids is 1. The standard InChI is InChI=1S/C12H21N3O2/c1-9(2)17-6-5-14(3)12(16)11-7-10(13)8-15(11)4/h7-9H,5-6,13H2,1-4H3. The van der Waals surface area contributed by atoms with Crippen molar-refractivity contribution in [1.29, 1.82) is 0 Å². The molecule has 5 heteroatoms. The molecule has 96 valence electrons. The number of rotatable bonds is 5. The van der Waals surface area contributed by atoms with Gasteiger partial charge in [-0.2, -0.15) is 0 Å². The van der Waals surface area contributed by atoms with Crippen LogP contribution in [-0.4, -0.2) is 41.7 Å². The van der Waals surface area contributed by atoms with E-state index in [4.69, 9.17) is 10.5 Å². The molecule has 0 bridgehead atoms. The molecule has 1 amide bonds. The molecule has 0 atom stereocenters. The van der Waals surface area contributed by atoms with Crippen molar-refractivity contribution in [2.24, 2.45) is 7.05 Å². The van der Waals surface area contributed by atoms with Crippen LogP contribution in [0, 0.1) is 0 Å². The highest BCUT2D eigenvalue weighted by atomic mass is 16.5. The van der Waals surface area contributed by atoms with Crippen LogP contribution in [-0.2, 0) is 11.8 Å². The number of ether oxygens (including phenoxy) is 1. The molecule has 1 aromatic heterocycles. The zero-order valence-corrected chi connectivity index (χ0v) is 10.9. The van der Waals surface area contributed by atoms with E-state index in [1.54, 1.807) is 28.8 Å². The number of aromatic nitrogens is 1. The summed E-state index contributed by atoms with van der Waals surface area (Å²) in [7, 11) is 3.57. The first-order valence-electron chi connectivity index (χ1n) is 5.70. The third kappa shape index (κ3) is 3.78. The molecule has 0 fully saturated rings. The maximum Gasteiger partial charge on any atom is 0.270 e. The van der Waals surface area contributed by atoms with Crippen LogP contribution in [0.4, 0.5) is 5.69 Å². The monoisotopic (exact) mass is 239 g/mol. The number of aryl methyl sites for hydroxylation is 1. The summed E-state index contributed by atoms with van der Waals surface area (Å²) in [6.07, 6.45) is 1.91. The zero-order valence-electron chi connectivity index (χ0n) is 10.9. The highest BCUT2D eigenvalue weighted by Crippen LogP contribution is 2.10. The number of hydrogen-bond donors (Lipinski definition) is 1. The molecule has 0 aromatic carbocycles. The van der Waals surface area contributed by atoms with Gasteiger partial charge in [0.2, 0.25) is 0 Å². The summed E-state index contributed by atoms with van der Waals surface area (Å²) in [4.78, 5) is 13.7. The van der Waals surface area contributed by atoms with Gasteiger partial charge in [0, 0.05) is 26.8 Å². The fraction of sp³-hybridized carbons (Fsp3) is 0.583. The van der Waals surface area contributed by atoms with Crippen LogP contribution in [0.25, 0.3) is 0 Å². The molecule has 0 aliphatic rings. The summed E-state index contributed by atoms with van der Waals surface area (Å²) >= 11 is 0. The van der Waals surface area contributed by atoms with E-state index in [9.17, 15) is 4.79 Å². The maximum atomic E-state index is 12.0. The van der Waals surface area contributed by atoms with Crippen molar-refractivity contribution in [3.05, 3.63) is 18.0 Å². The van der Waals surface area contributed by atoms with Gasteiger partial charge in [-0.3, -0.25) is 4.79 Å². The normalized spacial score (nSPS) is 10.9. The Labute approximate surface area is 102 Å². The fourth-order valence-corrected chi connectivity index (χ4v) is 1.53. The lowest BCUT2D eigenvalue weighted by Crippen LogP contribution is -2.31. The highest BCUT2D eigenvalue weighted by Gasteiger charge is 2.15. The van der Waals surface area contributed by atoms with Crippen molar-refractivity contribution in [3.63, 3.8) is 0 Å². The van der Waals surface area contributed by atoms with Crippen LogP contribution in [0.15, 0.2) is 12.3 Å². The lowest BCUT2D eigenvalue weighted by Gasteiger charge is -2.18. The van der Waals surface area contributed by atoms with Crippen LogP contribution in [0.1, 0.15) is 24.3 Å². The fourth-order valence-electron chi connectivity index (χ4n) is 1.53. The summed E-state index contributed by atoms with van der Waals surface area (Å²) in [5, 5.41) is 0. The van der Waals surface area contributed by atoms with E-state index in [0.29, 0.717) is 24.5 Å². The minimum atomic E-state index is -0.0449. The van der Waals surface area contributed by atoms with Crippen molar-refractivity contribution >= 4 is 11.6 Å². The van der Waals surface area contributed by atoms with Gasteiger partial charge < -0.3 is 19.9 Å². The average Bonchev–Trinajstić information content (AvgIpc) is 2.56. The van der Waals surface area contributed by atoms with Crippen molar-refractivity contribution in [3.8, 4) is 0 Å². The van der Waals surface area contributed by atoms with Gasteiger partial charge in [0.25, 0.3) is 5.91 Å². The average molecular weight is 239 g/mol. The van der Waals surface area contributed by atoms with E-state index in [-0.39, 0.29) is 12.0 Å². The first-order valence-corrected chi connectivity index (χ1v) is 5.70. The van der Waals surface area contributed by atoms with Crippen LogP contribution in [0.2, 0.25) is 0 Å². The molecule has 0 unspecified atom stereocenters. The van der Waals surface area contributed by atoms with Gasteiger partial charge in [0.15, 0.2) is 0 Å². The van der Waals surface area contributed by atoms with Gasteiger partial charge in [-0.25, -0.2) is 0 Å². The molecular formula is C12H21N3O2. The van der Waals surface area contributed by atoms with Gasteiger partial charge >= 0.3 is 0 Å². The zero-order chi connectivity index (χ0) is 13.0. The number of carbonyl (C=O) groups is 1. The maximum absolute atomic E-state index is 12.0. The summed E-state index contributed by atoms with van der Waals surface area (Å²) in [5.41, 5.74) is 6.83. The number of nitrogens with two attached hydrogens (primary N) is 1. The second kappa shape index (κ2) is 5.72. The molecule has 0 aliphatic heterocycles. The summed E-state index contributed by atoms with van der Waals surface area (Å²) in [5.74, 6) is -0.0449. The van der Waals surface area contributed by atoms with Gasteiger partial charge in [-0.1, -0.05) is 0 Å². The van der Waals surface area contributed by atoms with Crippen molar-refractivity contribution in [1.82, 2.24) is 9.47 Å². The predicted octanol–water partition coefficient (Wildman–Crippen LogP) is 1.10. The second-order valence-corrected chi connectivity index (χ2v) is 4.42. The Morgan fingerprint density at radius 3 is 2.71 bits per heavy atom. The Hall–Kier alpha value is -1.49. The highest BCUT2D eigenvalue weighted by molar-refractivity contribution is 5.93. The Morgan fingerprint density at radius 2 is 2.24 bits per heavy atom. The number of amides is 1. The molecule has 0 radical (unpaired) electrons. The molecule has 1 aromatic rings. The van der Waals surface area contributed by atoms with Gasteiger partial charge in [-0.05, 0) is 19.9 Å². The molecule has 0 aliphatic carbocycles. The SMILES string of the molecule is CC(C)OCCN(C)C(=O)c1cc(N)cn1C. The number of nitrogen functional groups attached to an aromatic ring is 1. The molecule has 0 spiro atoms. The minimum Gasteiger partial charge on any atom is -0.397 e. The van der Waals surface area contributed by atoms with Gasteiger partial charge in [0.1, 0.15) is 5.69 Å². The molecule has 17 heavy (non-hydrogen) atoms. The van der Waals surface area contributed by atoms with Gasteiger partial charge in [-0.15, -0.1) is 0 Å². The molecule has 0 saturated carbocycles. The van der Waals surface area contributed by atoms with E-state index >= 15 is 0 Å². The summed E-state index contributed by atoms with van der Waals surface area (Å²) < 4.78 is 7.14. The minimum absolute atomic E-state index is 0.0449. The van der Waals surface area contributed by atoms with E-state index in [1.165, 1.54) is 0 Å². The topological polar surface area (TPSA) is 60.5 Å². The Balaban J connectivity index is 2.55. The molecule has 1 heterocycles. The van der Waals surface area contributed by atoms with Crippen LogP contribution < -0.4 is 5.73 Å². The molecule has 1 rings (SSSR count). The molecule has 0 saturated heterocycles. The smallest absolute Gasteiger partial charge is 0.270 e. The molecule has 2 N–H and O–H groups in total. The van der Waals surface area contributed by atoms with E-state index in [1.807, 2.05) is 20.9 Å². The quantitative estimate of drug-likeness (QED) is 0.837. The largest absolute Gasteiger partial charge is 0.397 e. The predicted molar refractivity (Wildman–Crippen MR) is 67.9 cm³/mol. The third-order valence-electron chi connectivity index (χ3n) is 2.47. The third-order valence-corrected chi connectivity index (χ3v) is 2.47. The number of likely N-dealkylation sites (N-methyl/N-ethyl adjacent to an activating group) is 1. The number of hydrogen-bond acceptors (Lipinski definition) is 3. The second-order valence-electron chi connectivity index (χ2n) is 4.42. The molecule has 5 nitrogen and oxygen atoms in total. The van der Waals surface area contributed by atoms with Crippen molar-refractivity contribution < 1.29 is 9.53 Å². The summed E-state index contributed by atoms with van der Waals surface area (Å²) in [6.45, 7) is 5.06. The first-order chi connectivity index (χ1) is 7.91. The van der Waals surface area contributed by atoms with E-state index in [0.717, 1.165) is 0 Å². The Kier molecular flexibility index (Phi) is 4.57. The first kappa shape index (κ1) is 13.6.